The number of hydrogen-bond donors (Lipinski definition) is 1. The number of hydrogen-bond acceptors (Lipinski definition) is 2. The number of carbonyl (C=O) groups is 1. The fourth-order valence-electron chi connectivity index (χ4n) is 2.01. The molecule has 0 fully saturated rings. The number of rotatable bonds is 3. The Kier molecular flexibility index (Phi) is 2.80. The number of Topliss-reactive ketones (excluding diaryl/α,β-unsaturated/α-hetero) is 1. The van der Waals surface area contributed by atoms with Crippen molar-refractivity contribution in [3.63, 3.8) is 0 Å². The van der Waals surface area contributed by atoms with Crippen molar-refractivity contribution >= 4 is 16.7 Å². The monoisotopic (exact) mass is 251 g/mol. The topological polar surface area (TPSA) is 42.1 Å². The van der Waals surface area contributed by atoms with Crippen LogP contribution in [0, 0.1) is 0 Å². The van der Waals surface area contributed by atoms with Crippen LogP contribution < -0.4 is 4.74 Å². The van der Waals surface area contributed by atoms with E-state index in [1.54, 1.807) is 31.2 Å². The molecule has 3 rings (SSSR count). The molecule has 3 nitrogen and oxygen atoms in total. The van der Waals surface area contributed by atoms with E-state index in [0.29, 0.717) is 5.56 Å². The van der Waals surface area contributed by atoms with Crippen molar-refractivity contribution < 1.29 is 9.53 Å². The zero-order valence-corrected chi connectivity index (χ0v) is 10.5. The predicted molar refractivity (Wildman–Crippen MR) is 74.8 cm³/mol. The molecule has 1 N–H and O–H groups in total. The minimum atomic E-state index is 0.0543. The maximum atomic E-state index is 11.2. The van der Waals surface area contributed by atoms with E-state index in [4.69, 9.17) is 4.74 Å². The van der Waals surface area contributed by atoms with Crippen LogP contribution in [0.1, 0.15) is 17.3 Å². The van der Waals surface area contributed by atoms with Crippen LogP contribution >= 0.6 is 0 Å². The lowest BCUT2D eigenvalue weighted by Crippen LogP contribution is -1.91. The molecule has 0 radical (unpaired) electrons. The third-order valence-corrected chi connectivity index (χ3v) is 3.04. The molecule has 94 valence electrons. The van der Waals surface area contributed by atoms with E-state index < -0.39 is 0 Å². The zero-order chi connectivity index (χ0) is 13.2. The smallest absolute Gasteiger partial charge is 0.159 e. The Bertz CT molecular complexity index is 726. The molecule has 0 spiro atoms. The van der Waals surface area contributed by atoms with Crippen molar-refractivity contribution in [1.82, 2.24) is 4.98 Å². The van der Waals surface area contributed by atoms with E-state index in [9.17, 15) is 4.79 Å². The molecule has 3 aromatic rings. The molecule has 0 bridgehead atoms. The third kappa shape index (κ3) is 2.22. The Morgan fingerprint density at radius 2 is 1.79 bits per heavy atom. The SMILES string of the molecule is CC(=O)c1ccc(Oc2c[nH]c3ccccc23)cc1. The Labute approximate surface area is 110 Å². The van der Waals surface area contributed by atoms with Gasteiger partial charge in [0.2, 0.25) is 0 Å². The summed E-state index contributed by atoms with van der Waals surface area (Å²) in [5.74, 6) is 1.56. The molecule has 19 heavy (non-hydrogen) atoms. The molecule has 3 heteroatoms. The number of para-hydroxylation sites is 1. The molecule has 0 atom stereocenters. The normalized spacial score (nSPS) is 10.6. The first-order valence-corrected chi connectivity index (χ1v) is 6.09. The van der Waals surface area contributed by atoms with Gasteiger partial charge in [0.15, 0.2) is 11.5 Å². The molecule has 0 saturated carbocycles. The number of H-pyrrole nitrogens is 1. The zero-order valence-electron chi connectivity index (χ0n) is 10.5. The number of fused-ring (bicyclic) bond motifs is 1. The fourth-order valence-corrected chi connectivity index (χ4v) is 2.01. The van der Waals surface area contributed by atoms with Crippen molar-refractivity contribution in [2.24, 2.45) is 0 Å². The number of aromatic nitrogens is 1. The summed E-state index contributed by atoms with van der Waals surface area (Å²) in [7, 11) is 0. The van der Waals surface area contributed by atoms with Gasteiger partial charge in [-0.2, -0.15) is 0 Å². The van der Waals surface area contributed by atoms with Crippen LogP contribution in [0.5, 0.6) is 11.5 Å². The summed E-state index contributed by atoms with van der Waals surface area (Å²) in [6.07, 6.45) is 1.84. The maximum Gasteiger partial charge on any atom is 0.159 e. The van der Waals surface area contributed by atoms with Gasteiger partial charge in [0.05, 0.1) is 0 Å². The van der Waals surface area contributed by atoms with Gasteiger partial charge in [0, 0.05) is 22.7 Å². The fraction of sp³-hybridized carbons (Fsp3) is 0.0625. The van der Waals surface area contributed by atoms with Gasteiger partial charge in [0.1, 0.15) is 5.75 Å². The van der Waals surface area contributed by atoms with Crippen molar-refractivity contribution in [1.29, 1.82) is 0 Å². The van der Waals surface area contributed by atoms with Crippen LogP contribution in [0.3, 0.4) is 0 Å². The second kappa shape index (κ2) is 4.61. The lowest BCUT2D eigenvalue weighted by Gasteiger charge is -2.04. The van der Waals surface area contributed by atoms with E-state index in [1.165, 1.54) is 0 Å². The second-order valence-corrected chi connectivity index (χ2v) is 4.38. The first-order valence-electron chi connectivity index (χ1n) is 6.09. The molecule has 0 aliphatic carbocycles. The highest BCUT2D eigenvalue weighted by Gasteiger charge is 2.05. The quantitative estimate of drug-likeness (QED) is 0.710. The maximum absolute atomic E-state index is 11.2. The van der Waals surface area contributed by atoms with Gasteiger partial charge in [0.25, 0.3) is 0 Å². The third-order valence-electron chi connectivity index (χ3n) is 3.04. The summed E-state index contributed by atoms with van der Waals surface area (Å²) >= 11 is 0. The van der Waals surface area contributed by atoms with Crippen LogP contribution in [0.2, 0.25) is 0 Å². The summed E-state index contributed by atoms with van der Waals surface area (Å²) in [4.78, 5) is 14.4. The predicted octanol–water partition coefficient (Wildman–Crippen LogP) is 4.16. The number of carbonyl (C=O) groups excluding carboxylic acids is 1. The summed E-state index contributed by atoms with van der Waals surface area (Å²) in [6, 6.07) is 15.1. The van der Waals surface area contributed by atoms with E-state index in [-0.39, 0.29) is 5.78 Å². The van der Waals surface area contributed by atoms with E-state index in [2.05, 4.69) is 4.98 Å². The number of ether oxygens (including phenoxy) is 1. The molecule has 0 amide bonds. The number of nitrogens with one attached hydrogen (secondary N) is 1. The van der Waals surface area contributed by atoms with Gasteiger partial charge in [-0.25, -0.2) is 0 Å². The van der Waals surface area contributed by atoms with Crippen molar-refractivity contribution in [3.05, 3.63) is 60.3 Å². The standard InChI is InChI=1S/C16H13NO2/c1-11(18)12-6-8-13(9-7-12)19-16-10-17-15-5-3-2-4-14(15)16/h2-10,17H,1H3. The summed E-state index contributed by atoms with van der Waals surface area (Å²) < 4.78 is 5.82. The Hall–Kier alpha value is -2.55. The molecular formula is C16H13NO2. The van der Waals surface area contributed by atoms with E-state index >= 15 is 0 Å². The molecule has 0 aliphatic rings. The number of aromatic amines is 1. The van der Waals surface area contributed by atoms with E-state index in [1.807, 2.05) is 30.5 Å². The van der Waals surface area contributed by atoms with Crippen molar-refractivity contribution in [3.8, 4) is 11.5 Å². The van der Waals surface area contributed by atoms with Gasteiger partial charge >= 0.3 is 0 Å². The largest absolute Gasteiger partial charge is 0.455 e. The second-order valence-electron chi connectivity index (χ2n) is 4.38. The van der Waals surface area contributed by atoms with Gasteiger partial charge < -0.3 is 9.72 Å². The van der Waals surface area contributed by atoms with Crippen LogP contribution in [0.4, 0.5) is 0 Å². The minimum Gasteiger partial charge on any atom is -0.455 e. The summed E-state index contributed by atoms with van der Waals surface area (Å²) in [5.41, 5.74) is 1.73. The van der Waals surface area contributed by atoms with Crippen molar-refractivity contribution in [2.45, 2.75) is 6.92 Å². The van der Waals surface area contributed by atoms with Crippen LogP contribution in [0.15, 0.2) is 54.7 Å². The number of ketones is 1. The van der Waals surface area contributed by atoms with E-state index in [0.717, 1.165) is 22.4 Å². The first-order chi connectivity index (χ1) is 9.24. The molecule has 1 heterocycles. The average molecular weight is 251 g/mol. The molecule has 0 aliphatic heterocycles. The highest BCUT2D eigenvalue weighted by molar-refractivity contribution is 5.94. The Morgan fingerprint density at radius 1 is 1.05 bits per heavy atom. The lowest BCUT2D eigenvalue weighted by atomic mass is 10.1. The minimum absolute atomic E-state index is 0.0543. The summed E-state index contributed by atoms with van der Waals surface area (Å²) in [5, 5.41) is 1.04. The molecule has 0 unspecified atom stereocenters. The Balaban J connectivity index is 1.90. The van der Waals surface area contributed by atoms with Crippen LogP contribution in [0.25, 0.3) is 10.9 Å². The van der Waals surface area contributed by atoms with Crippen LogP contribution in [-0.2, 0) is 0 Å². The van der Waals surface area contributed by atoms with Crippen molar-refractivity contribution in [2.75, 3.05) is 0 Å². The van der Waals surface area contributed by atoms with Gasteiger partial charge in [-0.15, -0.1) is 0 Å². The highest BCUT2D eigenvalue weighted by Crippen LogP contribution is 2.29. The van der Waals surface area contributed by atoms with Gasteiger partial charge in [-0.05, 0) is 43.3 Å². The average Bonchev–Trinajstić information content (AvgIpc) is 2.83. The molecular weight excluding hydrogens is 238 g/mol. The lowest BCUT2D eigenvalue weighted by molar-refractivity contribution is 0.101. The van der Waals surface area contributed by atoms with Gasteiger partial charge in [-0.3, -0.25) is 4.79 Å². The Morgan fingerprint density at radius 3 is 2.53 bits per heavy atom. The molecule has 0 saturated heterocycles. The van der Waals surface area contributed by atoms with Crippen LogP contribution in [-0.4, -0.2) is 10.8 Å². The summed E-state index contributed by atoms with van der Waals surface area (Å²) in [6.45, 7) is 1.55. The number of benzene rings is 2. The molecule has 2 aromatic carbocycles. The van der Waals surface area contributed by atoms with Gasteiger partial charge in [-0.1, -0.05) is 12.1 Å². The first kappa shape index (κ1) is 11.5. The molecule has 1 aromatic heterocycles. The highest BCUT2D eigenvalue weighted by atomic mass is 16.5.